The van der Waals surface area contributed by atoms with Crippen LogP contribution in [-0.2, 0) is 16.6 Å². The van der Waals surface area contributed by atoms with Crippen molar-refractivity contribution in [3.8, 4) is 5.75 Å². The van der Waals surface area contributed by atoms with Gasteiger partial charge in [-0.3, -0.25) is 4.21 Å². The molecule has 0 aromatic heterocycles. The van der Waals surface area contributed by atoms with Crippen LogP contribution < -0.4 is 10.5 Å². The summed E-state index contributed by atoms with van der Waals surface area (Å²) in [6, 6.07) is 10.6. The van der Waals surface area contributed by atoms with E-state index in [-0.39, 0.29) is 0 Å². The summed E-state index contributed by atoms with van der Waals surface area (Å²) in [5, 5.41) is 0.585. The van der Waals surface area contributed by atoms with Crippen molar-refractivity contribution in [1.82, 2.24) is 0 Å². The molecule has 0 aliphatic carbocycles. The zero-order chi connectivity index (χ0) is 14.7. The van der Waals surface area contributed by atoms with E-state index in [1.54, 1.807) is 24.3 Å². The Morgan fingerprint density at radius 1 is 1.30 bits per heavy atom. The number of nitrogens with two attached hydrogens (primary N) is 1. The third-order valence-corrected chi connectivity index (χ3v) is 4.98. The monoisotopic (exact) mass is 373 g/mol. The Kier molecular flexibility index (Phi) is 5.07. The Morgan fingerprint density at radius 3 is 2.70 bits per heavy atom. The SMILES string of the molecule is COc1cc(N)ccc1S(=O)Cc1ccc(Br)cc1Cl. The van der Waals surface area contributed by atoms with E-state index in [4.69, 9.17) is 22.1 Å². The van der Waals surface area contributed by atoms with Crippen LogP contribution in [0.2, 0.25) is 5.02 Å². The Bertz CT molecular complexity index is 664. The van der Waals surface area contributed by atoms with E-state index in [0.29, 0.717) is 27.1 Å². The Balaban J connectivity index is 2.28. The standard InChI is InChI=1S/C14H13BrClNO2S/c1-19-13-7-11(17)4-5-14(13)20(18)8-9-2-3-10(15)6-12(9)16/h2-7H,8,17H2,1H3. The predicted molar refractivity (Wildman–Crippen MR) is 86.7 cm³/mol. The van der Waals surface area contributed by atoms with Gasteiger partial charge in [0.1, 0.15) is 5.75 Å². The molecule has 20 heavy (non-hydrogen) atoms. The molecule has 2 aromatic carbocycles. The van der Waals surface area contributed by atoms with Gasteiger partial charge in [0.2, 0.25) is 0 Å². The summed E-state index contributed by atoms with van der Waals surface area (Å²) in [6.07, 6.45) is 0. The van der Waals surface area contributed by atoms with Crippen molar-refractivity contribution in [2.45, 2.75) is 10.6 Å². The molecule has 0 aliphatic heterocycles. The van der Waals surface area contributed by atoms with E-state index in [2.05, 4.69) is 15.9 Å². The number of ether oxygens (including phenoxy) is 1. The first-order valence-electron chi connectivity index (χ1n) is 5.77. The molecule has 0 bridgehead atoms. The van der Waals surface area contributed by atoms with E-state index >= 15 is 0 Å². The second kappa shape index (κ2) is 6.61. The fourth-order valence-corrected chi connectivity index (χ4v) is 3.83. The summed E-state index contributed by atoms with van der Waals surface area (Å²) in [5.74, 6) is 0.850. The first kappa shape index (κ1) is 15.4. The summed E-state index contributed by atoms with van der Waals surface area (Å²) in [5.41, 5.74) is 7.09. The average molecular weight is 375 g/mol. The Hall–Kier alpha value is -1.04. The summed E-state index contributed by atoms with van der Waals surface area (Å²) < 4.78 is 18.6. The molecule has 2 aromatic rings. The van der Waals surface area contributed by atoms with Gasteiger partial charge in [-0.15, -0.1) is 0 Å². The van der Waals surface area contributed by atoms with E-state index in [0.717, 1.165) is 10.0 Å². The molecule has 1 unspecified atom stereocenters. The molecule has 0 amide bonds. The third kappa shape index (κ3) is 3.53. The van der Waals surface area contributed by atoms with Crippen molar-refractivity contribution in [2.75, 3.05) is 12.8 Å². The molecule has 2 rings (SSSR count). The first-order valence-corrected chi connectivity index (χ1v) is 8.26. The summed E-state index contributed by atoms with van der Waals surface area (Å²) >= 11 is 9.49. The van der Waals surface area contributed by atoms with Crippen molar-refractivity contribution in [3.63, 3.8) is 0 Å². The van der Waals surface area contributed by atoms with Gasteiger partial charge in [-0.1, -0.05) is 33.6 Å². The van der Waals surface area contributed by atoms with Crippen LogP contribution in [0.5, 0.6) is 5.75 Å². The summed E-state index contributed by atoms with van der Waals surface area (Å²) in [4.78, 5) is 0.612. The topological polar surface area (TPSA) is 52.3 Å². The van der Waals surface area contributed by atoms with E-state index in [1.807, 2.05) is 12.1 Å². The second-order valence-corrected chi connectivity index (χ2v) is 6.88. The van der Waals surface area contributed by atoms with E-state index in [9.17, 15) is 4.21 Å². The predicted octanol–water partition coefficient (Wildman–Crippen LogP) is 4.00. The van der Waals surface area contributed by atoms with Crippen LogP contribution in [0, 0.1) is 0 Å². The van der Waals surface area contributed by atoms with Crippen LogP contribution >= 0.6 is 27.5 Å². The molecule has 0 saturated heterocycles. The smallest absolute Gasteiger partial charge is 0.137 e. The number of methoxy groups -OCH3 is 1. The lowest BCUT2D eigenvalue weighted by Gasteiger charge is -2.10. The van der Waals surface area contributed by atoms with Gasteiger partial charge < -0.3 is 10.5 Å². The molecule has 1 atom stereocenters. The number of halogens is 2. The molecule has 6 heteroatoms. The van der Waals surface area contributed by atoms with Crippen molar-refractivity contribution in [3.05, 3.63) is 51.5 Å². The summed E-state index contributed by atoms with van der Waals surface area (Å²) in [6.45, 7) is 0. The maximum Gasteiger partial charge on any atom is 0.137 e. The van der Waals surface area contributed by atoms with Crippen molar-refractivity contribution < 1.29 is 8.95 Å². The maximum absolute atomic E-state index is 12.5. The fraction of sp³-hybridized carbons (Fsp3) is 0.143. The highest BCUT2D eigenvalue weighted by Gasteiger charge is 2.13. The molecule has 0 radical (unpaired) electrons. The highest BCUT2D eigenvalue weighted by Crippen LogP contribution is 2.28. The second-order valence-electron chi connectivity index (χ2n) is 4.14. The highest BCUT2D eigenvalue weighted by atomic mass is 79.9. The van der Waals surface area contributed by atoms with Crippen LogP contribution in [0.1, 0.15) is 5.56 Å². The van der Waals surface area contributed by atoms with Gasteiger partial charge in [-0.2, -0.15) is 0 Å². The molecule has 0 saturated carbocycles. The molecule has 3 nitrogen and oxygen atoms in total. The van der Waals surface area contributed by atoms with Gasteiger partial charge in [-0.05, 0) is 29.8 Å². The number of hydrogen-bond acceptors (Lipinski definition) is 3. The van der Waals surface area contributed by atoms with Gasteiger partial charge in [0.05, 0.1) is 28.6 Å². The summed E-state index contributed by atoms with van der Waals surface area (Å²) in [7, 11) is 0.279. The number of rotatable bonds is 4. The average Bonchev–Trinajstić information content (AvgIpc) is 2.41. The lowest BCUT2D eigenvalue weighted by atomic mass is 10.2. The zero-order valence-electron chi connectivity index (χ0n) is 10.7. The quantitative estimate of drug-likeness (QED) is 0.823. The van der Waals surface area contributed by atoms with Crippen LogP contribution in [0.15, 0.2) is 45.8 Å². The largest absolute Gasteiger partial charge is 0.495 e. The number of benzene rings is 2. The van der Waals surface area contributed by atoms with Crippen molar-refractivity contribution in [1.29, 1.82) is 0 Å². The number of nitrogen functional groups attached to an aromatic ring is 1. The van der Waals surface area contributed by atoms with Crippen LogP contribution in [0.25, 0.3) is 0 Å². The van der Waals surface area contributed by atoms with Gasteiger partial charge >= 0.3 is 0 Å². The minimum Gasteiger partial charge on any atom is -0.495 e. The molecule has 2 N–H and O–H groups in total. The van der Waals surface area contributed by atoms with Crippen molar-refractivity contribution >= 4 is 44.0 Å². The molecule has 0 heterocycles. The molecular weight excluding hydrogens is 362 g/mol. The van der Waals surface area contributed by atoms with Gasteiger partial charge in [0.25, 0.3) is 0 Å². The van der Waals surface area contributed by atoms with E-state index in [1.165, 1.54) is 7.11 Å². The maximum atomic E-state index is 12.5. The minimum atomic E-state index is -1.25. The zero-order valence-corrected chi connectivity index (χ0v) is 13.9. The molecule has 0 fully saturated rings. The molecule has 106 valence electrons. The number of hydrogen-bond donors (Lipinski definition) is 1. The number of anilines is 1. The molecular formula is C14H13BrClNO2S. The fourth-order valence-electron chi connectivity index (χ4n) is 1.73. The van der Waals surface area contributed by atoms with Crippen LogP contribution in [-0.4, -0.2) is 11.3 Å². The molecule has 0 spiro atoms. The van der Waals surface area contributed by atoms with Crippen molar-refractivity contribution in [2.24, 2.45) is 0 Å². The Morgan fingerprint density at radius 2 is 2.05 bits per heavy atom. The third-order valence-electron chi connectivity index (χ3n) is 2.73. The molecule has 0 aliphatic rings. The normalized spacial score (nSPS) is 12.2. The Labute approximate surface area is 133 Å². The van der Waals surface area contributed by atoms with E-state index < -0.39 is 10.8 Å². The minimum absolute atomic E-state index is 0.326. The van der Waals surface area contributed by atoms with Gasteiger partial charge in [0, 0.05) is 21.2 Å². The lowest BCUT2D eigenvalue weighted by Crippen LogP contribution is -2.01. The highest BCUT2D eigenvalue weighted by molar-refractivity contribution is 9.10. The first-order chi connectivity index (χ1) is 9.51. The van der Waals surface area contributed by atoms with Crippen LogP contribution in [0.3, 0.4) is 0 Å². The van der Waals surface area contributed by atoms with Gasteiger partial charge in [0.15, 0.2) is 0 Å². The van der Waals surface area contributed by atoms with Crippen LogP contribution in [0.4, 0.5) is 5.69 Å². The lowest BCUT2D eigenvalue weighted by molar-refractivity contribution is 0.404. The van der Waals surface area contributed by atoms with Gasteiger partial charge in [-0.25, -0.2) is 0 Å².